The minimum absolute atomic E-state index is 0.188. The van der Waals surface area contributed by atoms with E-state index in [4.69, 9.17) is 9.97 Å². The Bertz CT molecular complexity index is 865. The quantitative estimate of drug-likeness (QED) is 0.798. The van der Waals surface area contributed by atoms with Crippen LogP contribution in [0, 0.1) is 12.8 Å². The minimum Gasteiger partial charge on any atom is -0.335 e. The van der Waals surface area contributed by atoms with Crippen LogP contribution in [0.1, 0.15) is 79.7 Å². The van der Waals surface area contributed by atoms with Crippen LogP contribution in [-0.2, 0) is 13.0 Å². The lowest BCUT2D eigenvalue weighted by Gasteiger charge is -2.29. The van der Waals surface area contributed by atoms with Gasteiger partial charge in [0.1, 0.15) is 11.3 Å². The summed E-state index contributed by atoms with van der Waals surface area (Å²) in [6.07, 6.45) is 12.1. The highest BCUT2D eigenvalue weighted by molar-refractivity contribution is 6.04. The van der Waals surface area contributed by atoms with Gasteiger partial charge in [-0.2, -0.15) is 0 Å². The molecule has 2 aromatic rings. The average Bonchev–Trinajstić information content (AvgIpc) is 3.37. The molecule has 4 heterocycles. The summed E-state index contributed by atoms with van der Waals surface area (Å²) in [5.41, 5.74) is 3.46. The Kier molecular flexibility index (Phi) is 4.41. The van der Waals surface area contributed by atoms with Gasteiger partial charge >= 0.3 is 0 Å². The summed E-state index contributed by atoms with van der Waals surface area (Å²) in [6.45, 7) is 3.88. The maximum Gasteiger partial charge on any atom is 0.256 e. The molecule has 1 atom stereocenters. The summed E-state index contributed by atoms with van der Waals surface area (Å²) in [5.74, 6) is 2.00. The Hall–Kier alpha value is -1.91. The van der Waals surface area contributed by atoms with E-state index in [1.165, 1.54) is 51.4 Å². The number of amides is 1. The van der Waals surface area contributed by atoms with Crippen LogP contribution in [0.2, 0.25) is 0 Å². The van der Waals surface area contributed by atoms with Crippen molar-refractivity contribution >= 4 is 17.1 Å². The number of carbonyl (C=O) groups is 1. The number of nitrogens with zero attached hydrogens (tertiary/aromatic N) is 4. The molecule has 2 fully saturated rings. The average molecular weight is 367 g/mol. The first kappa shape index (κ1) is 17.2. The van der Waals surface area contributed by atoms with Crippen molar-refractivity contribution in [3.8, 4) is 0 Å². The van der Waals surface area contributed by atoms with Crippen LogP contribution in [0.5, 0.6) is 0 Å². The van der Waals surface area contributed by atoms with E-state index in [9.17, 15) is 4.79 Å². The molecule has 2 aliphatic heterocycles. The van der Waals surface area contributed by atoms with E-state index in [-0.39, 0.29) is 5.91 Å². The van der Waals surface area contributed by atoms with Gasteiger partial charge in [-0.15, -0.1) is 0 Å². The monoisotopic (exact) mass is 366 g/mol. The van der Waals surface area contributed by atoms with Crippen molar-refractivity contribution in [1.29, 1.82) is 0 Å². The lowest BCUT2D eigenvalue weighted by atomic mass is 9.95. The second kappa shape index (κ2) is 6.92. The summed E-state index contributed by atoms with van der Waals surface area (Å²) < 4.78 is 2.27. The summed E-state index contributed by atoms with van der Waals surface area (Å²) >= 11 is 0. The lowest BCUT2D eigenvalue weighted by molar-refractivity contribution is 0.0690. The van der Waals surface area contributed by atoms with Gasteiger partial charge in [-0.1, -0.05) is 19.3 Å². The van der Waals surface area contributed by atoms with Crippen molar-refractivity contribution in [2.45, 2.75) is 83.7 Å². The number of aryl methyl sites for hydroxylation is 3. The number of aromatic nitrogens is 3. The van der Waals surface area contributed by atoms with Crippen molar-refractivity contribution in [3.63, 3.8) is 0 Å². The van der Waals surface area contributed by atoms with E-state index in [0.717, 1.165) is 54.2 Å². The van der Waals surface area contributed by atoms with Gasteiger partial charge in [0, 0.05) is 31.2 Å². The van der Waals surface area contributed by atoms with Crippen molar-refractivity contribution in [2.75, 3.05) is 6.54 Å². The first-order chi connectivity index (χ1) is 13.2. The van der Waals surface area contributed by atoms with Crippen LogP contribution in [0.25, 0.3) is 11.2 Å². The number of likely N-dealkylation sites (tertiary alicyclic amines) is 1. The predicted molar refractivity (Wildman–Crippen MR) is 106 cm³/mol. The molecule has 1 amide bonds. The molecular formula is C22H30N4O. The number of hydrogen-bond acceptors (Lipinski definition) is 3. The van der Waals surface area contributed by atoms with Gasteiger partial charge in [0.15, 0.2) is 5.65 Å². The number of fused-ring (bicyclic) bond motifs is 3. The molecule has 5 heteroatoms. The minimum atomic E-state index is 0.188. The maximum atomic E-state index is 13.6. The summed E-state index contributed by atoms with van der Waals surface area (Å²) in [7, 11) is 0. The second-order valence-corrected chi connectivity index (χ2v) is 8.73. The van der Waals surface area contributed by atoms with Crippen LogP contribution in [-0.4, -0.2) is 37.9 Å². The zero-order chi connectivity index (χ0) is 18.4. The van der Waals surface area contributed by atoms with Gasteiger partial charge in [0.2, 0.25) is 0 Å². The van der Waals surface area contributed by atoms with Gasteiger partial charge in [0.25, 0.3) is 5.91 Å². The van der Waals surface area contributed by atoms with Gasteiger partial charge in [-0.3, -0.25) is 4.79 Å². The zero-order valence-corrected chi connectivity index (χ0v) is 16.4. The third kappa shape index (κ3) is 2.95. The van der Waals surface area contributed by atoms with Crippen LogP contribution in [0.4, 0.5) is 0 Å². The smallest absolute Gasteiger partial charge is 0.256 e. The number of carbonyl (C=O) groups excluding carboxylic acids is 1. The molecule has 0 spiro atoms. The van der Waals surface area contributed by atoms with E-state index < -0.39 is 0 Å². The predicted octanol–water partition coefficient (Wildman–Crippen LogP) is 4.26. The van der Waals surface area contributed by atoms with Crippen LogP contribution < -0.4 is 0 Å². The van der Waals surface area contributed by atoms with E-state index in [1.807, 2.05) is 13.0 Å². The Morgan fingerprint density at radius 2 is 1.85 bits per heavy atom. The number of pyridine rings is 1. The SMILES string of the molecule is Cc1cc(C(=O)N2CCCC2C2CCCC2)c2nc3n(c2n1)CCCCC3. The van der Waals surface area contributed by atoms with Gasteiger partial charge in [0.05, 0.1) is 5.56 Å². The third-order valence-corrected chi connectivity index (χ3v) is 6.93. The molecule has 1 unspecified atom stereocenters. The lowest BCUT2D eigenvalue weighted by Crippen LogP contribution is -2.39. The van der Waals surface area contributed by atoms with Crippen LogP contribution in [0.15, 0.2) is 6.07 Å². The van der Waals surface area contributed by atoms with Gasteiger partial charge in [-0.05, 0) is 57.4 Å². The van der Waals surface area contributed by atoms with Gasteiger partial charge < -0.3 is 9.47 Å². The van der Waals surface area contributed by atoms with Crippen molar-refractivity contribution in [2.24, 2.45) is 5.92 Å². The normalized spacial score (nSPS) is 23.7. The Morgan fingerprint density at radius 3 is 2.70 bits per heavy atom. The molecule has 0 N–H and O–H groups in total. The van der Waals surface area contributed by atoms with E-state index in [2.05, 4.69) is 9.47 Å². The highest BCUT2D eigenvalue weighted by atomic mass is 16.2. The summed E-state index contributed by atoms with van der Waals surface area (Å²) in [5, 5.41) is 0. The third-order valence-electron chi connectivity index (χ3n) is 6.93. The molecule has 1 aliphatic carbocycles. The number of imidazole rings is 1. The van der Waals surface area contributed by atoms with E-state index in [1.54, 1.807) is 0 Å². The summed E-state index contributed by atoms with van der Waals surface area (Å²) in [6, 6.07) is 2.41. The topological polar surface area (TPSA) is 51.0 Å². The van der Waals surface area contributed by atoms with Gasteiger partial charge in [-0.25, -0.2) is 9.97 Å². The highest BCUT2D eigenvalue weighted by Gasteiger charge is 2.37. The maximum absolute atomic E-state index is 13.6. The molecule has 0 aromatic carbocycles. The first-order valence-electron chi connectivity index (χ1n) is 10.9. The molecule has 1 saturated heterocycles. The Morgan fingerprint density at radius 1 is 1.00 bits per heavy atom. The molecule has 3 aliphatic rings. The molecule has 2 aromatic heterocycles. The molecule has 0 radical (unpaired) electrons. The fourth-order valence-electron chi connectivity index (χ4n) is 5.61. The van der Waals surface area contributed by atoms with Crippen molar-refractivity contribution in [1.82, 2.24) is 19.4 Å². The highest BCUT2D eigenvalue weighted by Crippen LogP contribution is 2.36. The molecule has 5 rings (SSSR count). The number of hydrogen-bond donors (Lipinski definition) is 0. The molecule has 144 valence electrons. The van der Waals surface area contributed by atoms with Crippen LogP contribution in [0.3, 0.4) is 0 Å². The first-order valence-corrected chi connectivity index (χ1v) is 10.9. The van der Waals surface area contributed by atoms with Crippen molar-refractivity contribution in [3.05, 3.63) is 23.1 Å². The second-order valence-electron chi connectivity index (χ2n) is 8.73. The fraction of sp³-hybridized carbons (Fsp3) is 0.682. The molecule has 0 bridgehead atoms. The van der Waals surface area contributed by atoms with Crippen molar-refractivity contribution < 1.29 is 4.79 Å². The Labute approximate surface area is 161 Å². The van der Waals surface area contributed by atoms with E-state index >= 15 is 0 Å². The van der Waals surface area contributed by atoms with Crippen LogP contribution >= 0.6 is 0 Å². The fourth-order valence-corrected chi connectivity index (χ4v) is 5.61. The summed E-state index contributed by atoms with van der Waals surface area (Å²) in [4.78, 5) is 25.5. The van der Waals surface area contributed by atoms with E-state index in [0.29, 0.717) is 12.0 Å². The molecule has 5 nitrogen and oxygen atoms in total. The zero-order valence-electron chi connectivity index (χ0n) is 16.4. The largest absolute Gasteiger partial charge is 0.335 e. The standard InChI is InChI=1S/C22H30N4O/c1-15-14-17(20-21(23-15)26-12-6-2-3-11-19(26)24-20)22(27)25-13-7-10-18(25)16-8-4-5-9-16/h14,16,18H,2-13H2,1H3. The molecule has 1 saturated carbocycles. The number of rotatable bonds is 2. The molecule has 27 heavy (non-hydrogen) atoms. The molecular weight excluding hydrogens is 336 g/mol. The Balaban J connectivity index is 1.55.